The Balaban J connectivity index is 3.08. The fraction of sp³-hybridized carbons (Fsp3) is 0.375. The van der Waals surface area contributed by atoms with Gasteiger partial charge in [0.2, 0.25) is 5.91 Å². The fourth-order valence-electron chi connectivity index (χ4n) is 1.01. The zero-order valence-electron chi connectivity index (χ0n) is 7.79. The second kappa shape index (κ2) is 3.38. The standard InChI is InChI=1S/C8H11N3O2/c1-5(12)7-4-9-11(3)8(7)10-6(2)13/h4H,1-3H3,(H,10,13). The van der Waals surface area contributed by atoms with Gasteiger partial charge in [-0.05, 0) is 6.92 Å². The summed E-state index contributed by atoms with van der Waals surface area (Å²) in [7, 11) is 1.66. The first-order valence-electron chi connectivity index (χ1n) is 3.83. The van der Waals surface area contributed by atoms with Gasteiger partial charge in [0.15, 0.2) is 5.78 Å². The van der Waals surface area contributed by atoms with Crippen molar-refractivity contribution in [1.82, 2.24) is 9.78 Å². The van der Waals surface area contributed by atoms with Crippen LogP contribution in [0.1, 0.15) is 24.2 Å². The molecule has 0 aliphatic carbocycles. The van der Waals surface area contributed by atoms with Gasteiger partial charge >= 0.3 is 0 Å². The van der Waals surface area contributed by atoms with Crippen molar-refractivity contribution in [1.29, 1.82) is 0 Å². The molecule has 0 saturated heterocycles. The lowest BCUT2D eigenvalue weighted by Gasteiger charge is -2.03. The Kier molecular flexibility index (Phi) is 2.46. The zero-order chi connectivity index (χ0) is 10.0. The summed E-state index contributed by atoms with van der Waals surface area (Å²) in [5.74, 6) is 0.114. The van der Waals surface area contributed by atoms with E-state index >= 15 is 0 Å². The predicted octanol–water partition coefficient (Wildman–Crippen LogP) is 0.581. The molecule has 0 atom stereocenters. The molecular formula is C8H11N3O2. The molecule has 13 heavy (non-hydrogen) atoms. The van der Waals surface area contributed by atoms with Crippen LogP contribution in [0.25, 0.3) is 0 Å². The number of nitrogens with zero attached hydrogens (tertiary/aromatic N) is 2. The summed E-state index contributed by atoms with van der Waals surface area (Å²) in [4.78, 5) is 21.8. The number of carbonyl (C=O) groups excluding carboxylic acids is 2. The molecule has 1 heterocycles. The van der Waals surface area contributed by atoms with E-state index in [2.05, 4.69) is 10.4 Å². The van der Waals surface area contributed by atoms with Crippen molar-refractivity contribution < 1.29 is 9.59 Å². The van der Waals surface area contributed by atoms with E-state index in [0.29, 0.717) is 11.4 Å². The average molecular weight is 181 g/mol. The Bertz CT molecular complexity index is 354. The highest BCUT2D eigenvalue weighted by Gasteiger charge is 2.12. The number of rotatable bonds is 2. The molecule has 1 amide bonds. The molecule has 1 aromatic heterocycles. The number of amides is 1. The van der Waals surface area contributed by atoms with E-state index in [1.807, 2.05) is 0 Å². The molecule has 0 spiro atoms. The maximum absolute atomic E-state index is 11.1. The first-order chi connectivity index (χ1) is 6.02. The van der Waals surface area contributed by atoms with Crippen molar-refractivity contribution in [2.75, 3.05) is 5.32 Å². The highest BCUT2D eigenvalue weighted by Crippen LogP contribution is 2.13. The van der Waals surface area contributed by atoms with Gasteiger partial charge in [0.1, 0.15) is 5.82 Å². The lowest BCUT2D eigenvalue weighted by Crippen LogP contribution is -2.12. The van der Waals surface area contributed by atoms with Gasteiger partial charge in [-0.15, -0.1) is 0 Å². The van der Waals surface area contributed by atoms with E-state index in [0.717, 1.165) is 0 Å². The maximum Gasteiger partial charge on any atom is 0.222 e. The van der Waals surface area contributed by atoms with Crippen LogP contribution in [0.3, 0.4) is 0 Å². The summed E-state index contributed by atoms with van der Waals surface area (Å²) in [6.45, 7) is 2.82. The molecule has 0 saturated carbocycles. The van der Waals surface area contributed by atoms with Crippen LogP contribution < -0.4 is 5.32 Å². The minimum atomic E-state index is -0.217. The third kappa shape index (κ3) is 1.93. The number of aromatic nitrogens is 2. The second-order valence-electron chi connectivity index (χ2n) is 2.77. The van der Waals surface area contributed by atoms with E-state index in [1.54, 1.807) is 7.05 Å². The van der Waals surface area contributed by atoms with Crippen molar-refractivity contribution in [3.63, 3.8) is 0 Å². The van der Waals surface area contributed by atoms with Gasteiger partial charge < -0.3 is 5.32 Å². The van der Waals surface area contributed by atoms with Crippen LogP contribution in [-0.4, -0.2) is 21.5 Å². The normalized spacial score (nSPS) is 9.77. The molecule has 0 aliphatic heterocycles. The summed E-state index contributed by atoms with van der Waals surface area (Å²) in [5.41, 5.74) is 0.428. The van der Waals surface area contributed by atoms with Crippen molar-refractivity contribution in [2.45, 2.75) is 13.8 Å². The van der Waals surface area contributed by atoms with Crippen LogP contribution >= 0.6 is 0 Å². The van der Waals surface area contributed by atoms with Crippen LogP contribution in [-0.2, 0) is 11.8 Å². The van der Waals surface area contributed by atoms with Gasteiger partial charge in [-0.3, -0.25) is 14.3 Å². The van der Waals surface area contributed by atoms with Gasteiger partial charge in [0.25, 0.3) is 0 Å². The molecule has 0 unspecified atom stereocenters. The predicted molar refractivity (Wildman–Crippen MR) is 47.5 cm³/mol. The summed E-state index contributed by atoms with van der Waals surface area (Å²) in [6.07, 6.45) is 1.44. The average Bonchev–Trinajstić information content (AvgIpc) is 2.32. The molecule has 5 nitrogen and oxygen atoms in total. The monoisotopic (exact) mass is 181 g/mol. The van der Waals surface area contributed by atoms with E-state index in [-0.39, 0.29) is 11.7 Å². The van der Waals surface area contributed by atoms with Crippen LogP contribution in [0.2, 0.25) is 0 Å². The first kappa shape index (κ1) is 9.44. The Hall–Kier alpha value is -1.65. The number of ketones is 1. The second-order valence-corrected chi connectivity index (χ2v) is 2.77. The largest absolute Gasteiger partial charge is 0.311 e. The Morgan fingerprint density at radius 1 is 1.46 bits per heavy atom. The highest BCUT2D eigenvalue weighted by molar-refractivity contribution is 6.02. The molecule has 5 heteroatoms. The van der Waals surface area contributed by atoms with Crippen LogP contribution in [0.15, 0.2) is 6.20 Å². The van der Waals surface area contributed by atoms with E-state index < -0.39 is 0 Å². The minimum absolute atomic E-state index is 0.114. The number of Topliss-reactive ketones (excluding diaryl/α,β-unsaturated/α-hetero) is 1. The van der Waals surface area contributed by atoms with Gasteiger partial charge in [0, 0.05) is 14.0 Å². The molecule has 1 rings (SSSR count). The fourth-order valence-corrected chi connectivity index (χ4v) is 1.01. The maximum atomic E-state index is 11.1. The number of hydrogen-bond donors (Lipinski definition) is 1. The van der Waals surface area contributed by atoms with Crippen molar-refractivity contribution in [3.8, 4) is 0 Å². The van der Waals surface area contributed by atoms with Gasteiger partial charge in [-0.25, -0.2) is 0 Å². The van der Waals surface area contributed by atoms with Gasteiger partial charge in [-0.1, -0.05) is 0 Å². The number of nitrogens with one attached hydrogen (secondary N) is 1. The molecule has 0 aliphatic rings. The molecule has 70 valence electrons. The zero-order valence-corrected chi connectivity index (χ0v) is 7.79. The molecule has 0 aromatic carbocycles. The molecular weight excluding hydrogens is 170 g/mol. The summed E-state index contributed by atoms with van der Waals surface area (Å²) < 4.78 is 1.46. The van der Waals surface area contributed by atoms with Crippen molar-refractivity contribution in [2.24, 2.45) is 7.05 Å². The smallest absolute Gasteiger partial charge is 0.222 e. The quantitative estimate of drug-likeness (QED) is 0.679. The van der Waals surface area contributed by atoms with Crippen molar-refractivity contribution in [3.05, 3.63) is 11.8 Å². The number of aryl methyl sites for hydroxylation is 1. The number of anilines is 1. The van der Waals surface area contributed by atoms with E-state index in [1.165, 1.54) is 24.7 Å². The van der Waals surface area contributed by atoms with E-state index in [9.17, 15) is 9.59 Å². The Morgan fingerprint density at radius 2 is 2.08 bits per heavy atom. The van der Waals surface area contributed by atoms with Gasteiger partial charge in [0.05, 0.1) is 11.8 Å². The topological polar surface area (TPSA) is 64.0 Å². The number of carbonyl (C=O) groups is 2. The number of hydrogen-bond acceptors (Lipinski definition) is 3. The summed E-state index contributed by atoms with van der Waals surface area (Å²) >= 11 is 0. The SMILES string of the molecule is CC(=O)Nc1c(C(C)=O)cnn1C. The van der Waals surface area contributed by atoms with E-state index in [4.69, 9.17) is 0 Å². The van der Waals surface area contributed by atoms with Crippen molar-refractivity contribution >= 4 is 17.5 Å². The minimum Gasteiger partial charge on any atom is -0.311 e. The molecule has 0 bridgehead atoms. The molecule has 1 aromatic rings. The van der Waals surface area contributed by atoms with Crippen LogP contribution in [0.5, 0.6) is 0 Å². The Labute approximate surface area is 75.7 Å². The molecule has 0 fully saturated rings. The summed E-state index contributed by atoms with van der Waals surface area (Å²) in [5, 5.41) is 6.42. The molecule has 0 radical (unpaired) electrons. The van der Waals surface area contributed by atoms with Crippen LogP contribution in [0.4, 0.5) is 5.82 Å². The lowest BCUT2D eigenvalue weighted by atomic mass is 10.2. The van der Waals surface area contributed by atoms with Gasteiger partial charge in [-0.2, -0.15) is 5.10 Å². The lowest BCUT2D eigenvalue weighted by molar-refractivity contribution is -0.114. The highest BCUT2D eigenvalue weighted by atomic mass is 16.1. The first-order valence-corrected chi connectivity index (χ1v) is 3.83. The summed E-state index contributed by atoms with van der Waals surface area (Å²) in [6, 6.07) is 0. The third-order valence-electron chi connectivity index (χ3n) is 1.61. The Morgan fingerprint density at radius 3 is 2.54 bits per heavy atom. The third-order valence-corrected chi connectivity index (χ3v) is 1.61. The molecule has 1 N–H and O–H groups in total. The van der Waals surface area contributed by atoms with Crippen LogP contribution in [0, 0.1) is 0 Å².